The van der Waals surface area contributed by atoms with E-state index in [0.29, 0.717) is 51.1 Å². The second-order valence-electron chi connectivity index (χ2n) is 26.9. The lowest BCUT2D eigenvalue weighted by Crippen LogP contribution is -2.57. The number of rotatable bonds is 17. The highest BCUT2D eigenvalue weighted by atomic mass is 35.5. The SMILES string of the molecule is Cc1ncsc1-c1ccc([C@H](C)NC(=O)[C@@H]2C[C@@H](O)CN2C(=O)[C@@H](NC(=O)CCCCN2CCC2COc2nc(N3CC4CCC(C3)N4C(=O)OC(C)(C)C)c3cc(Cl)c(-c4ccc(F)c5sc(NC(=O)OC(C)(C)C)c(C#N)c45)c(F)c3n2)C(C)(C)C)cc1. The minimum Gasteiger partial charge on any atom is -0.462 e. The number of thiazole rings is 1. The Morgan fingerprint density at radius 1 is 0.911 bits per heavy atom. The zero-order valence-corrected chi connectivity index (χ0v) is 55.0. The van der Waals surface area contributed by atoms with Gasteiger partial charge in [0.25, 0.3) is 0 Å². The Kier molecular flexibility index (Phi) is 19.1. The normalized spacial score (nSPS) is 20.2. The van der Waals surface area contributed by atoms with Crippen LogP contribution < -0.4 is 25.6 Å². The second-order valence-corrected chi connectivity index (χ2v) is 29.2. The van der Waals surface area contributed by atoms with Crippen molar-refractivity contribution in [2.75, 3.05) is 49.5 Å². The van der Waals surface area contributed by atoms with Crippen LogP contribution in [0.25, 0.3) is 42.6 Å². The van der Waals surface area contributed by atoms with Gasteiger partial charge in [-0.25, -0.2) is 23.4 Å². The first kappa shape index (κ1) is 65.6. The first-order valence-corrected chi connectivity index (χ1v) is 32.6. The molecule has 480 valence electrons. The van der Waals surface area contributed by atoms with Crippen molar-refractivity contribution in [3.05, 3.63) is 81.5 Å². The van der Waals surface area contributed by atoms with Crippen LogP contribution in [-0.2, 0) is 23.9 Å². The largest absolute Gasteiger partial charge is 0.462 e. The zero-order valence-electron chi connectivity index (χ0n) is 52.6. The maximum atomic E-state index is 17.8. The molecular formula is C65H78ClF2N11O9S2. The summed E-state index contributed by atoms with van der Waals surface area (Å²) in [6.07, 6.45) is 1.34. The number of aliphatic hydroxyl groups excluding tert-OH is 1. The molecule has 0 radical (unpaired) electrons. The van der Waals surface area contributed by atoms with Gasteiger partial charge in [-0.3, -0.25) is 29.5 Å². The van der Waals surface area contributed by atoms with E-state index >= 15 is 8.78 Å². The third-order valence-electron chi connectivity index (χ3n) is 16.8. The molecule has 4 aliphatic heterocycles. The molecule has 3 aromatic heterocycles. The molecule has 25 heteroatoms. The number of aliphatic hydroxyl groups is 1. The standard InChI is InChI=1S/C65H78ClF2N11O9S2/c1-34(36-15-17-37(18-16-36)53-35(2)70-33-89-53)71-57(82)47-26-41(80)31-78(47)59(83)55(63(3,4)5)72-48(81)14-12-13-24-76-25-23-40(76)32-86-60-73-52-43(56(74-60)77-29-38-19-20-39(30-77)79(38)62(85)88-65(9,10)11)27-45(66)50(51(52)68)42-21-22-46(67)54-49(42)44(28-69)58(90-54)75-61(84)87-64(6,7)8/h15-18,21-22,27,33-34,38-41,47,55,80H,12-14,19-20,23-26,29-32H2,1-11H3,(H,71,82)(H,72,81)(H,75,84)/t34-,38?,39?,40?,41+,47-,55+/m0/s1. The number of anilines is 2. The average Bonchev–Trinajstić information content (AvgIpc) is 1.30. The summed E-state index contributed by atoms with van der Waals surface area (Å²) in [5, 5.41) is 30.1. The Balaban J connectivity index is 0.816. The van der Waals surface area contributed by atoms with Gasteiger partial charge in [0.2, 0.25) is 17.7 Å². The molecule has 4 aliphatic rings. The number of fused-ring (bicyclic) bond motifs is 4. The molecule has 3 aromatic carbocycles. The van der Waals surface area contributed by atoms with E-state index in [1.54, 1.807) is 48.6 Å². The zero-order chi connectivity index (χ0) is 64.9. The summed E-state index contributed by atoms with van der Waals surface area (Å²) in [6, 6.07) is 11.0. The summed E-state index contributed by atoms with van der Waals surface area (Å²) in [7, 11) is 0. The molecule has 2 bridgehead atoms. The molecule has 0 aliphatic carbocycles. The predicted octanol–water partition coefficient (Wildman–Crippen LogP) is 11.7. The number of benzene rings is 3. The fourth-order valence-electron chi connectivity index (χ4n) is 12.4. The van der Waals surface area contributed by atoms with E-state index in [0.717, 1.165) is 52.1 Å². The van der Waals surface area contributed by atoms with Crippen LogP contribution in [-0.4, -0.2) is 152 Å². The van der Waals surface area contributed by atoms with Crippen LogP contribution >= 0.6 is 34.3 Å². The third kappa shape index (κ3) is 14.2. The highest BCUT2D eigenvalue weighted by Crippen LogP contribution is 2.47. The van der Waals surface area contributed by atoms with Crippen molar-refractivity contribution in [2.45, 2.75) is 175 Å². The average molecular weight is 1290 g/mol. The summed E-state index contributed by atoms with van der Waals surface area (Å²) in [6.45, 7) is 22.0. The molecule has 0 spiro atoms. The Hall–Kier alpha value is -7.30. The molecule has 0 saturated carbocycles. The first-order valence-electron chi connectivity index (χ1n) is 30.5. The van der Waals surface area contributed by atoms with Crippen LogP contribution in [0.4, 0.5) is 29.2 Å². The number of nitrogens with zero attached hydrogens (tertiary/aromatic N) is 8. The number of aryl methyl sites for hydroxylation is 1. The van der Waals surface area contributed by atoms with E-state index < -0.39 is 70.4 Å². The van der Waals surface area contributed by atoms with Crippen molar-refractivity contribution < 1.29 is 52.1 Å². The van der Waals surface area contributed by atoms with Crippen LogP contribution in [0.15, 0.2) is 48.0 Å². The monoisotopic (exact) mass is 1290 g/mol. The number of amides is 5. The van der Waals surface area contributed by atoms with Crippen LogP contribution in [0.2, 0.25) is 5.02 Å². The second kappa shape index (κ2) is 26.1. The highest BCUT2D eigenvalue weighted by Gasteiger charge is 2.47. The third-order valence-corrected chi connectivity index (χ3v) is 19.2. The number of halogens is 3. The quantitative estimate of drug-likeness (QED) is 0.0620. The number of nitriles is 1. The van der Waals surface area contributed by atoms with Crippen molar-refractivity contribution in [2.24, 2.45) is 5.41 Å². The molecule has 90 heavy (non-hydrogen) atoms. The molecule has 20 nitrogen and oxygen atoms in total. The Morgan fingerprint density at radius 2 is 1.61 bits per heavy atom. The van der Waals surface area contributed by atoms with Gasteiger partial charge >= 0.3 is 18.2 Å². The number of β-amino-alcohol motifs (C(OH)–C–C–N with tert-alkyl or cyclic N) is 1. The van der Waals surface area contributed by atoms with Crippen LogP contribution in [0, 0.1) is 35.3 Å². The number of piperazine rings is 1. The van der Waals surface area contributed by atoms with Gasteiger partial charge in [0.15, 0.2) is 5.82 Å². The summed E-state index contributed by atoms with van der Waals surface area (Å²) in [5.41, 5.74) is 1.99. The van der Waals surface area contributed by atoms with Gasteiger partial charge in [0, 0.05) is 61.4 Å². The van der Waals surface area contributed by atoms with Crippen molar-refractivity contribution in [1.82, 2.24) is 40.3 Å². The number of carbonyl (C=O) groups is 5. The van der Waals surface area contributed by atoms with E-state index in [-0.39, 0.29) is 110 Å². The number of thiophene rings is 1. The van der Waals surface area contributed by atoms with Crippen molar-refractivity contribution in [3.63, 3.8) is 0 Å². The molecule has 3 unspecified atom stereocenters. The fraction of sp³-hybridized carbons (Fsp3) is 0.523. The minimum atomic E-state index is -0.978. The molecule has 10 rings (SSSR count). The molecule has 7 atom stereocenters. The van der Waals surface area contributed by atoms with E-state index in [1.165, 1.54) is 11.0 Å². The number of aromatic nitrogens is 3. The van der Waals surface area contributed by atoms with Gasteiger partial charge in [-0.05, 0) is 128 Å². The van der Waals surface area contributed by atoms with E-state index in [1.807, 2.05) is 84.6 Å². The number of carbonyl (C=O) groups excluding carboxylic acids is 5. The maximum Gasteiger partial charge on any atom is 0.412 e. The van der Waals surface area contributed by atoms with Crippen molar-refractivity contribution >= 4 is 96.0 Å². The smallest absolute Gasteiger partial charge is 0.412 e. The summed E-state index contributed by atoms with van der Waals surface area (Å²) < 4.78 is 51.2. The lowest BCUT2D eigenvalue weighted by molar-refractivity contribution is -0.144. The van der Waals surface area contributed by atoms with E-state index in [4.69, 9.17) is 30.8 Å². The van der Waals surface area contributed by atoms with Gasteiger partial charge in [0.1, 0.15) is 58.1 Å². The molecule has 4 fully saturated rings. The maximum absolute atomic E-state index is 17.8. The molecule has 4 N–H and O–H groups in total. The molecular weight excluding hydrogens is 1220 g/mol. The van der Waals surface area contributed by atoms with Crippen LogP contribution in [0.3, 0.4) is 0 Å². The van der Waals surface area contributed by atoms with Crippen LogP contribution in [0.1, 0.15) is 137 Å². The predicted molar refractivity (Wildman–Crippen MR) is 343 cm³/mol. The summed E-state index contributed by atoms with van der Waals surface area (Å²) in [4.78, 5) is 90.8. The number of hydrogen-bond acceptors (Lipinski definition) is 17. The van der Waals surface area contributed by atoms with Gasteiger partial charge in [0.05, 0.1) is 55.6 Å². The van der Waals surface area contributed by atoms with Gasteiger partial charge in [-0.2, -0.15) is 15.2 Å². The summed E-state index contributed by atoms with van der Waals surface area (Å²) >= 11 is 9.47. The first-order chi connectivity index (χ1) is 42.5. The van der Waals surface area contributed by atoms with Gasteiger partial charge in [-0.1, -0.05) is 62.7 Å². The molecule has 4 saturated heterocycles. The number of nitrogens with one attached hydrogen (secondary N) is 3. The Bertz CT molecular complexity index is 3770. The number of ether oxygens (including phenoxy) is 3. The molecule has 7 heterocycles. The van der Waals surface area contributed by atoms with Crippen LogP contribution in [0.5, 0.6) is 6.01 Å². The van der Waals surface area contributed by atoms with E-state index in [2.05, 4.69) is 36.9 Å². The minimum absolute atomic E-state index is 0.00484. The number of hydrogen-bond donors (Lipinski definition) is 4. The van der Waals surface area contributed by atoms with Crippen molar-refractivity contribution in [3.8, 4) is 33.6 Å². The molecule has 5 amide bonds. The molecule has 6 aromatic rings. The van der Waals surface area contributed by atoms with E-state index in [9.17, 15) is 34.3 Å². The lowest BCUT2D eigenvalue weighted by Gasteiger charge is -2.42. The van der Waals surface area contributed by atoms with Crippen molar-refractivity contribution in [1.29, 1.82) is 5.26 Å². The summed E-state index contributed by atoms with van der Waals surface area (Å²) in [5.74, 6) is -2.41. The Morgan fingerprint density at radius 3 is 2.23 bits per heavy atom. The van der Waals surface area contributed by atoms with Gasteiger partial charge in [-0.15, -0.1) is 22.7 Å². The fourth-order valence-corrected chi connectivity index (χ4v) is 14.5. The number of unbranched alkanes of at least 4 members (excludes halogenated alkanes) is 1. The number of likely N-dealkylation sites (tertiary alicyclic amines) is 2. The Labute approximate surface area is 535 Å². The lowest BCUT2D eigenvalue weighted by atomic mass is 9.85. The topological polar surface area (TPSA) is 245 Å². The van der Waals surface area contributed by atoms with Gasteiger partial charge < -0.3 is 39.8 Å². The highest BCUT2D eigenvalue weighted by molar-refractivity contribution is 7.23.